The molecule has 1 heterocycles. The van der Waals surface area contributed by atoms with Crippen LogP contribution in [0, 0.1) is 0 Å². The summed E-state index contributed by atoms with van der Waals surface area (Å²) in [7, 11) is 1.24. The van der Waals surface area contributed by atoms with E-state index >= 15 is 0 Å². The Morgan fingerprint density at radius 3 is 2.81 bits per heavy atom. The average molecular weight is 233 g/mol. The molecule has 1 unspecified atom stereocenters. The molecule has 0 amide bonds. The van der Waals surface area contributed by atoms with Crippen LogP contribution in [0.3, 0.4) is 0 Å². The van der Waals surface area contributed by atoms with Crippen molar-refractivity contribution in [3.05, 3.63) is 23.7 Å². The Kier molecular flexibility index (Phi) is 4.42. The van der Waals surface area contributed by atoms with Gasteiger partial charge in [0.25, 0.3) is 6.43 Å². The summed E-state index contributed by atoms with van der Waals surface area (Å²) in [5.74, 6) is -0.114. The second-order valence-electron chi connectivity index (χ2n) is 3.21. The molecule has 6 heteroatoms. The van der Waals surface area contributed by atoms with Crippen LogP contribution in [0.15, 0.2) is 16.5 Å². The lowest BCUT2D eigenvalue weighted by Gasteiger charge is -2.10. The molecule has 0 saturated heterocycles. The summed E-state index contributed by atoms with van der Waals surface area (Å²) in [5, 5.41) is 2.57. The third-order valence-electron chi connectivity index (χ3n) is 2.02. The van der Waals surface area contributed by atoms with Crippen molar-refractivity contribution in [2.45, 2.75) is 19.4 Å². The van der Waals surface area contributed by atoms with Gasteiger partial charge in [-0.2, -0.15) is 0 Å². The third kappa shape index (κ3) is 3.30. The molecule has 4 nitrogen and oxygen atoms in total. The lowest BCUT2D eigenvalue weighted by Crippen LogP contribution is -2.24. The van der Waals surface area contributed by atoms with Crippen molar-refractivity contribution in [2.24, 2.45) is 0 Å². The number of alkyl halides is 2. The highest BCUT2D eigenvalue weighted by molar-refractivity contribution is 5.86. The maximum absolute atomic E-state index is 11.9. The van der Waals surface area contributed by atoms with Gasteiger partial charge in [0.2, 0.25) is 5.76 Å². The maximum atomic E-state index is 11.9. The smallest absolute Gasteiger partial charge is 0.373 e. The van der Waals surface area contributed by atoms with E-state index in [0.717, 1.165) is 0 Å². The predicted molar refractivity (Wildman–Crippen MR) is 52.5 cm³/mol. The van der Waals surface area contributed by atoms with E-state index in [4.69, 9.17) is 4.42 Å². The molecular formula is C10H13F2NO3. The number of carbonyl (C=O) groups is 1. The Morgan fingerprint density at radius 1 is 1.56 bits per heavy atom. The summed E-state index contributed by atoms with van der Waals surface area (Å²) in [4.78, 5) is 11.1. The molecule has 0 radical (unpaired) electrons. The molecule has 90 valence electrons. The van der Waals surface area contributed by atoms with Gasteiger partial charge in [0.05, 0.1) is 19.7 Å². The van der Waals surface area contributed by atoms with Gasteiger partial charge in [-0.05, 0) is 19.1 Å². The average Bonchev–Trinajstić information content (AvgIpc) is 2.74. The van der Waals surface area contributed by atoms with Crippen molar-refractivity contribution < 1.29 is 22.7 Å². The number of esters is 1. The number of nitrogens with one attached hydrogen (secondary N) is 1. The minimum atomic E-state index is -2.42. The van der Waals surface area contributed by atoms with Crippen LogP contribution < -0.4 is 5.32 Å². The van der Waals surface area contributed by atoms with Crippen molar-refractivity contribution in [1.29, 1.82) is 0 Å². The molecule has 0 aliphatic heterocycles. The Morgan fingerprint density at radius 2 is 2.25 bits per heavy atom. The number of methoxy groups -OCH3 is 1. The number of hydrogen-bond acceptors (Lipinski definition) is 4. The zero-order valence-electron chi connectivity index (χ0n) is 9.00. The summed E-state index contributed by atoms with van der Waals surface area (Å²) in [5.41, 5.74) is 0. The normalized spacial score (nSPS) is 12.8. The van der Waals surface area contributed by atoms with Gasteiger partial charge in [-0.3, -0.25) is 0 Å². The lowest BCUT2D eigenvalue weighted by molar-refractivity contribution is 0.0561. The fourth-order valence-corrected chi connectivity index (χ4v) is 1.16. The van der Waals surface area contributed by atoms with E-state index in [2.05, 4.69) is 10.1 Å². The SMILES string of the molecule is COC(=O)c1ccc(C(C)NCC(F)F)o1. The first kappa shape index (κ1) is 12.6. The number of furan rings is 1. The fourth-order valence-electron chi connectivity index (χ4n) is 1.16. The molecule has 1 rings (SSSR count). The third-order valence-corrected chi connectivity index (χ3v) is 2.02. The van der Waals surface area contributed by atoms with Gasteiger partial charge >= 0.3 is 5.97 Å². The van der Waals surface area contributed by atoms with Crippen LogP contribution in [-0.2, 0) is 4.74 Å². The molecule has 1 atom stereocenters. The number of hydrogen-bond donors (Lipinski definition) is 1. The number of rotatable bonds is 5. The highest BCUT2D eigenvalue weighted by Gasteiger charge is 2.15. The molecule has 1 aromatic rings. The summed E-state index contributed by atoms with van der Waals surface area (Å²) < 4.78 is 33.5. The van der Waals surface area contributed by atoms with Gasteiger partial charge in [0, 0.05) is 0 Å². The molecule has 1 N–H and O–H groups in total. The van der Waals surface area contributed by atoms with Crippen LogP contribution in [0.1, 0.15) is 29.3 Å². The Bertz CT molecular complexity index is 352. The second-order valence-corrected chi connectivity index (χ2v) is 3.21. The summed E-state index contributed by atoms with van der Waals surface area (Å²) >= 11 is 0. The quantitative estimate of drug-likeness (QED) is 0.790. The molecule has 0 spiro atoms. The van der Waals surface area contributed by atoms with Crippen LogP contribution >= 0.6 is 0 Å². The Labute approximate surface area is 91.6 Å². The van der Waals surface area contributed by atoms with E-state index in [-0.39, 0.29) is 11.8 Å². The molecule has 0 saturated carbocycles. The largest absolute Gasteiger partial charge is 0.463 e. The second kappa shape index (κ2) is 5.60. The molecule has 0 aromatic carbocycles. The molecular weight excluding hydrogens is 220 g/mol. The van der Waals surface area contributed by atoms with E-state index in [0.29, 0.717) is 5.76 Å². The fraction of sp³-hybridized carbons (Fsp3) is 0.500. The van der Waals surface area contributed by atoms with Crippen molar-refractivity contribution in [2.75, 3.05) is 13.7 Å². The van der Waals surface area contributed by atoms with Crippen molar-refractivity contribution >= 4 is 5.97 Å². The van der Waals surface area contributed by atoms with Gasteiger partial charge in [0.15, 0.2) is 0 Å². The topological polar surface area (TPSA) is 51.5 Å². The van der Waals surface area contributed by atoms with Crippen LogP contribution in [-0.4, -0.2) is 26.0 Å². The monoisotopic (exact) mass is 233 g/mol. The van der Waals surface area contributed by atoms with E-state index in [1.165, 1.54) is 13.2 Å². The maximum Gasteiger partial charge on any atom is 0.373 e. The van der Waals surface area contributed by atoms with Gasteiger partial charge < -0.3 is 14.5 Å². The summed E-state index contributed by atoms with van der Waals surface area (Å²) in [6, 6.07) is 2.62. The van der Waals surface area contributed by atoms with Crippen molar-refractivity contribution in [1.82, 2.24) is 5.32 Å². The highest BCUT2D eigenvalue weighted by Crippen LogP contribution is 2.16. The molecule has 0 aliphatic carbocycles. The van der Waals surface area contributed by atoms with E-state index in [9.17, 15) is 13.6 Å². The molecule has 1 aromatic heterocycles. The standard InChI is InChI=1S/C10H13F2NO3/c1-6(13-5-9(11)12)7-3-4-8(16-7)10(14)15-2/h3-4,6,9,13H,5H2,1-2H3. The lowest BCUT2D eigenvalue weighted by atomic mass is 10.2. The molecule has 0 aliphatic rings. The first-order valence-electron chi connectivity index (χ1n) is 4.74. The number of carbonyl (C=O) groups excluding carboxylic acids is 1. The van der Waals surface area contributed by atoms with Crippen LogP contribution in [0.25, 0.3) is 0 Å². The first-order valence-corrected chi connectivity index (χ1v) is 4.74. The van der Waals surface area contributed by atoms with Gasteiger partial charge in [-0.1, -0.05) is 0 Å². The van der Waals surface area contributed by atoms with Gasteiger partial charge in [-0.25, -0.2) is 13.6 Å². The van der Waals surface area contributed by atoms with Crippen molar-refractivity contribution in [3.8, 4) is 0 Å². The molecule has 16 heavy (non-hydrogen) atoms. The van der Waals surface area contributed by atoms with Crippen LogP contribution in [0.4, 0.5) is 8.78 Å². The Balaban J connectivity index is 2.59. The minimum absolute atomic E-state index is 0.0585. The highest BCUT2D eigenvalue weighted by atomic mass is 19.3. The van der Waals surface area contributed by atoms with Crippen LogP contribution in [0.5, 0.6) is 0 Å². The minimum Gasteiger partial charge on any atom is -0.463 e. The van der Waals surface area contributed by atoms with Crippen LogP contribution in [0.2, 0.25) is 0 Å². The van der Waals surface area contributed by atoms with E-state index < -0.39 is 18.9 Å². The number of halogens is 2. The first-order chi connectivity index (χ1) is 7.54. The zero-order chi connectivity index (χ0) is 12.1. The van der Waals surface area contributed by atoms with Gasteiger partial charge in [-0.15, -0.1) is 0 Å². The summed E-state index contributed by atoms with van der Waals surface area (Å²) in [6.07, 6.45) is -2.42. The molecule has 0 bridgehead atoms. The number of ether oxygens (including phenoxy) is 1. The summed E-state index contributed by atoms with van der Waals surface area (Å²) in [6.45, 7) is 1.25. The molecule has 0 fully saturated rings. The van der Waals surface area contributed by atoms with Gasteiger partial charge in [0.1, 0.15) is 5.76 Å². The van der Waals surface area contributed by atoms with Crippen molar-refractivity contribution in [3.63, 3.8) is 0 Å². The van der Waals surface area contributed by atoms with E-state index in [1.54, 1.807) is 13.0 Å². The van der Waals surface area contributed by atoms with E-state index in [1.807, 2.05) is 0 Å². The predicted octanol–water partition coefficient (Wildman–Crippen LogP) is 1.98. The Hall–Kier alpha value is -1.43. The zero-order valence-corrected chi connectivity index (χ0v) is 9.00.